The third-order valence-corrected chi connectivity index (χ3v) is 3.43. The van der Waals surface area contributed by atoms with Gasteiger partial charge in [-0.1, -0.05) is 0 Å². The topological polar surface area (TPSA) is 73.6 Å². The lowest BCUT2D eigenvalue weighted by atomic mass is 10.0. The summed E-state index contributed by atoms with van der Waals surface area (Å²) in [6.07, 6.45) is 4.17. The minimum absolute atomic E-state index is 0.0151. The number of phenolic OH excluding ortho intramolecular Hbond substituents is 1. The van der Waals surface area contributed by atoms with Gasteiger partial charge in [0.2, 0.25) is 0 Å². The molecular formula is C14H18N2O3. The van der Waals surface area contributed by atoms with Crippen LogP contribution >= 0.6 is 0 Å². The van der Waals surface area contributed by atoms with Crippen molar-refractivity contribution < 1.29 is 14.6 Å². The Morgan fingerprint density at radius 3 is 3.00 bits per heavy atom. The Morgan fingerprint density at radius 1 is 1.53 bits per heavy atom. The van der Waals surface area contributed by atoms with Crippen LogP contribution in [0, 0.1) is 5.41 Å². The van der Waals surface area contributed by atoms with Crippen molar-refractivity contribution in [1.82, 2.24) is 4.90 Å². The molecule has 1 saturated heterocycles. The van der Waals surface area contributed by atoms with Gasteiger partial charge in [0.05, 0.1) is 13.2 Å². The van der Waals surface area contributed by atoms with E-state index in [0.717, 1.165) is 19.3 Å². The van der Waals surface area contributed by atoms with E-state index >= 15 is 0 Å². The summed E-state index contributed by atoms with van der Waals surface area (Å²) in [5, 5.41) is 17.0. The van der Waals surface area contributed by atoms with E-state index in [0.29, 0.717) is 12.1 Å². The number of ether oxygens (including phenoxy) is 1. The van der Waals surface area contributed by atoms with Crippen LogP contribution in [0.2, 0.25) is 0 Å². The van der Waals surface area contributed by atoms with Crippen LogP contribution in [0.15, 0.2) is 18.2 Å². The minimum atomic E-state index is -0.124. The molecule has 1 amide bonds. The molecule has 1 aromatic carbocycles. The number of carbonyl (C=O) groups excluding carboxylic acids is 1. The van der Waals surface area contributed by atoms with Crippen LogP contribution in [0.4, 0.5) is 0 Å². The molecule has 0 spiro atoms. The molecule has 0 bridgehead atoms. The highest BCUT2D eigenvalue weighted by Crippen LogP contribution is 2.28. The van der Waals surface area contributed by atoms with Crippen LogP contribution in [0.3, 0.4) is 0 Å². The monoisotopic (exact) mass is 262 g/mol. The molecule has 1 aromatic rings. The van der Waals surface area contributed by atoms with Gasteiger partial charge in [-0.2, -0.15) is 0 Å². The van der Waals surface area contributed by atoms with E-state index in [9.17, 15) is 9.90 Å². The summed E-state index contributed by atoms with van der Waals surface area (Å²) < 4.78 is 5.01. The molecule has 19 heavy (non-hydrogen) atoms. The second-order valence-corrected chi connectivity index (χ2v) is 4.61. The van der Waals surface area contributed by atoms with Crippen LogP contribution in [0.25, 0.3) is 0 Å². The average Bonchev–Trinajstić information content (AvgIpc) is 2.47. The number of aromatic hydroxyl groups is 1. The maximum Gasteiger partial charge on any atom is 0.254 e. The first-order valence-corrected chi connectivity index (χ1v) is 6.36. The third-order valence-electron chi connectivity index (χ3n) is 3.43. The summed E-state index contributed by atoms with van der Waals surface area (Å²) in [7, 11) is 1.45. The smallest absolute Gasteiger partial charge is 0.254 e. The largest absolute Gasteiger partial charge is 0.504 e. The Morgan fingerprint density at radius 2 is 2.32 bits per heavy atom. The van der Waals surface area contributed by atoms with Crippen LogP contribution < -0.4 is 4.74 Å². The second kappa shape index (κ2) is 5.73. The second-order valence-electron chi connectivity index (χ2n) is 4.61. The first-order valence-electron chi connectivity index (χ1n) is 6.36. The van der Waals surface area contributed by atoms with Gasteiger partial charge in [0.15, 0.2) is 11.5 Å². The van der Waals surface area contributed by atoms with Crippen LogP contribution in [-0.2, 0) is 0 Å². The lowest BCUT2D eigenvalue weighted by Crippen LogP contribution is -2.44. The Kier molecular flexibility index (Phi) is 4.04. The molecule has 1 aliphatic heterocycles. The van der Waals surface area contributed by atoms with E-state index in [2.05, 4.69) is 0 Å². The van der Waals surface area contributed by atoms with Crippen LogP contribution in [0.1, 0.15) is 29.6 Å². The number of rotatable bonds is 3. The number of methoxy groups -OCH3 is 1. The lowest BCUT2D eigenvalue weighted by Gasteiger charge is -2.33. The predicted octanol–water partition coefficient (Wildman–Crippen LogP) is 2.05. The summed E-state index contributed by atoms with van der Waals surface area (Å²) in [4.78, 5) is 14.1. The molecule has 0 saturated carbocycles. The van der Waals surface area contributed by atoms with E-state index in [1.165, 1.54) is 25.5 Å². The highest BCUT2D eigenvalue weighted by Gasteiger charge is 2.26. The van der Waals surface area contributed by atoms with Gasteiger partial charge in [-0.3, -0.25) is 4.79 Å². The SMILES string of the molecule is COc1cc(C(=O)N2CCCC[C@H]2C=N)ccc1O. The predicted molar refractivity (Wildman–Crippen MR) is 72.1 cm³/mol. The fourth-order valence-electron chi connectivity index (χ4n) is 2.36. The Labute approximate surface area is 112 Å². The first-order chi connectivity index (χ1) is 9.17. The van der Waals surface area contributed by atoms with Crippen molar-refractivity contribution in [3.05, 3.63) is 23.8 Å². The number of phenols is 1. The molecule has 0 unspecified atom stereocenters. The van der Waals surface area contributed by atoms with E-state index in [1.807, 2.05) is 0 Å². The Bertz CT molecular complexity index is 488. The van der Waals surface area contributed by atoms with Gasteiger partial charge in [-0.15, -0.1) is 0 Å². The fourth-order valence-corrected chi connectivity index (χ4v) is 2.36. The standard InChI is InChI=1S/C14H18N2O3/c1-19-13-8-10(5-6-12(13)17)14(18)16-7-3-2-4-11(16)9-15/h5-6,8-9,11,15,17H,2-4,7H2,1H3/t11-/m0/s1. The highest BCUT2D eigenvalue weighted by atomic mass is 16.5. The zero-order valence-corrected chi connectivity index (χ0v) is 10.9. The number of hydrogen-bond acceptors (Lipinski definition) is 4. The summed E-state index contributed by atoms with van der Waals surface area (Å²) in [6.45, 7) is 0.669. The van der Waals surface area contributed by atoms with Crippen LogP contribution in [-0.4, -0.2) is 41.8 Å². The molecule has 1 aliphatic rings. The molecular weight excluding hydrogens is 244 g/mol. The average molecular weight is 262 g/mol. The maximum atomic E-state index is 12.4. The zero-order chi connectivity index (χ0) is 13.8. The normalized spacial score (nSPS) is 19.0. The van der Waals surface area contributed by atoms with Gasteiger partial charge in [0.25, 0.3) is 5.91 Å². The molecule has 2 rings (SSSR count). The number of benzene rings is 1. The Balaban J connectivity index is 2.25. The highest BCUT2D eigenvalue weighted by molar-refractivity contribution is 5.96. The summed E-state index contributed by atoms with van der Waals surface area (Å²) in [5.74, 6) is 0.182. The number of nitrogens with one attached hydrogen (secondary N) is 1. The lowest BCUT2D eigenvalue weighted by molar-refractivity contribution is 0.0683. The van der Waals surface area contributed by atoms with E-state index in [1.54, 1.807) is 11.0 Å². The minimum Gasteiger partial charge on any atom is -0.504 e. The summed E-state index contributed by atoms with van der Waals surface area (Å²) in [5.41, 5.74) is 0.475. The number of nitrogens with zero attached hydrogens (tertiary/aromatic N) is 1. The van der Waals surface area contributed by atoms with Crippen molar-refractivity contribution in [2.24, 2.45) is 0 Å². The van der Waals surface area contributed by atoms with Gasteiger partial charge < -0.3 is 20.2 Å². The zero-order valence-electron chi connectivity index (χ0n) is 10.9. The van der Waals surface area contributed by atoms with E-state index < -0.39 is 0 Å². The van der Waals surface area contributed by atoms with Crippen molar-refractivity contribution in [1.29, 1.82) is 5.41 Å². The molecule has 1 heterocycles. The Hall–Kier alpha value is -2.04. The quantitative estimate of drug-likeness (QED) is 0.819. The van der Waals surface area contributed by atoms with Crippen molar-refractivity contribution in [2.45, 2.75) is 25.3 Å². The van der Waals surface area contributed by atoms with Crippen molar-refractivity contribution in [2.75, 3.05) is 13.7 Å². The number of amides is 1. The van der Waals surface area contributed by atoms with Crippen LogP contribution in [0.5, 0.6) is 11.5 Å². The van der Waals surface area contributed by atoms with Crippen molar-refractivity contribution in [3.63, 3.8) is 0 Å². The fraction of sp³-hybridized carbons (Fsp3) is 0.429. The van der Waals surface area contributed by atoms with Gasteiger partial charge in [0, 0.05) is 18.3 Å². The number of likely N-dealkylation sites (tertiary alicyclic amines) is 1. The van der Waals surface area contributed by atoms with Crippen molar-refractivity contribution in [3.8, 4) is 11.5 Å². The first kappa shape index (κ1) is 13.4. The van der Waals surface area contributed by atoms with Gasteiger partial charge in [0.1, 0.15) is 0 Å². The molecule has 1 atom stereocenters. The molecule has 0 aliphatic carbocycles. The molecule has 0 radical (unpaired) electrons. The van der Waals surface area contributed by atoms with E-state index in [-0.39, 0.29) is 23.4 Å². The van der Waals surface area contributed by atoms with E-state index in [4.69, 9.17) is 10.1 Å². The molecule has 5 nitrogen and oxygen atoms in total. The molecule has 5 heteroatoms. The van der Waals surface area contributed by atoms with Gasteiger partial charge in [-0.25, -0.2) is 0 Å². The third kappa shape index (κ3) is 2.70. The maximum absolute atomic E-state index is 12.4. The number of piperidine rings is 1. The van der Waals surface area contributed by atoms with Gasteiger partial charge in [-0.05, 0) is 37.5 Å². The molecule has 2 N–H and O–H groups in total. The number of carbonyl (C=O) groups is 1. The molecule has 0 aromatic heterocycles. The molecule has 102 valence electrons. The summed E-state index contributed by atoms with van der Waals surface area (Å²) >= 11 is 0. The molecule has 1 fully saturated rings. The van der Waals surface area contributed by atoms with Gasteiger partial charge >= 0.3 is 0 Å². The summed E-state index contributed by atoms with van der Waals surface area (Å²) in [6, 6.07) is 4.44. The number of hydrogen-bond donors (Lipinski definition) is 2. The van der Waals surface area contributed by atoms with Crippen molar-refractivity contribution >= 4 is 12.1 Å².